The smallest absolute Gasteiger partial charge is 0.244 e. The Morgan fingerprint density at radius 3 is 2.06 bits per heavy atom. The van der Waals surface area contributed by atoms with Gasteiger partial charge in [-0.3, -0.25) is 9.59 Å². The van der Waals surface area contributed by atoms with E-state index in [4.69, 9.17) is 0 Å². The van der Waals surface area contributed by atoms with Crippen LogP contribution in [0.1, 0.15) is 27.2 Å². The molecule has 0 aliphatic rings. The van der Waals surface area contributed by atoms with Crippen molar-refractivity contribution in [3.8, 4) is 0 Å². The summed E-state index contributed by atoms with van der Waals surface area (Å²) in [6.07, 6.45) is 0.652. The fourth-order valence-electron chi connectivity index (χ4n) is 1.43. The molecule has 0 spiro atoms. The quantitative estimate of drug-likeness (QED) is 0.701. The van der Waals surface area contributed by atoms with Crippen molar-refractivity contribution < 1.29 is 9.59 Å². The van der Waals surface area contributed by atoms with Crippen molar-refractivity contribution in [2.75, 3.05) is 21.1 Å². The number of hydrogen-bond donors (Lipinski definition) is 2. The Morgan fingerprint density at radius 1 is 1.18 bits per heavy atom. The SMILES string of the molecule is CNC(C)C(=O)NC(CC(C)C)C(=O)N(C)C. The summed E-state index contributed by atoms with van der Waals surface area (Å²) in [6.45, 7) is 5.83. The number of nitrogens with one attached hydrogen (secondary N) is 2. The molecule has 2 unspecified atom stereocenters. The number of amides is 2. The topological polar surface area (TPSA) is 61.4 Å². The molecule has 0 aliphatic heterocycles. The maximum Gasteiger partial charge on any atom is 0.244 e. The van der Waals surface area contributed by atoms with Crippen molar-refractivity contribution in [3.63, 3.8) is 0 Å². The minimum absolute atomic E-state index is 0.0599. The van der Waals surface area contributed by atoms with Crippen LogP contribution in [0, 0.1) is 5.92 Å². The lowest BCUT2D eigenvalue weighted by Gasteiger charge is -2.24. The number of hydrogen-bond acceptors (Lipinski definition) is 3. The number of carbonyl (C=O) groups is 2. The van der Waals surface area contributed by atoms with Crippen molar-refractivity contribution in [1.29, 1.82) is 0 Å². The zero-order chi connectivity index (χ0) is 13.6. The summed E-state index contributed by atoms with van der Waals surface area (Å²) in [5, 5.41) is 5.64. The van der Waals surface area contributed by atoms with E-state index in [2.05, 4.69) is 10.6 Å². The van der Waals surface area contributed by atoms with Crippen LogP contribution in [0.25, 0.3) is 0 Å². The maximum absolute atomic E-state index is 11.9. The van der Waals surface area contributed by atoms with Gasteiger partial charge in [0.2, 0.25) is 11.8 Å². The van der Waals surface area contributed by atoms with Crippen LogP contribution in [-0.4, -0.2) is 49.9 Å². The molecule has 0 aromatic heterocycles. The Balaban J connectivity index is 4.59. The van der Waals surface area contributed by atoms with E-state index in [0.29, 0.717) is 12.3 Å². The van der Waals surface area contributed by atoms with E-state index in [-0.39, 0.29) is 17.9 Å². The summed E-state index contributed by atoms with van der Waals surface area (Å²) >= 11 is 0. The molecule has 0 saturated heterocycles. The molecule has 0 aromatic carbocycles. The second kappa shape index (κ2) is 7.27. The highest BCUT2D eigenvalue weighted by Gasteiger charge is 2.24. The van der Waals surface area contributed by atoms with Crippen molar-refractivity contribution in [1.82, 2.24) is 15.5 Å². The van der Waals surface area contributed by atoms with Gasteiger partial charge >= 0.3 is 0 Å². The second-order valence-corrected chi connectivity index (χ2v) is 4.93. The van der Waals surface area contributed by atoms with Gasteiger partial charge in [0, 0.05) is 14.1 Å². The van der Waals surface area contributed by atoms with Gasteiger partial charge in [-0.2, -0.15) is 0 Å². The minimum atomic E-state index is -0.437. The van der Waals surface area contributed by atoms with Crippen LogP contribution < -0.4 is 10.6 Å². The molecule has 0 saturated carbocycles. The van der Waals surface area contributed by atoms with Crippen LogP contribution in [0.15, 0.2) is 0 Å². The van der Waals surface area contributed by atoms with Gasteiger partial charge in [0.15, 0.2) is 0 Å². The number of nitrogens with zero attached hydrogens (tertiary/aromatic N) is 1. The summed E-state index contributed by atoms with van der Waals surface area (Å²) in [4.78, 5) is 25.2. The lowest BCUT2D eigenvalue weighted by Crippen LogP contribution is -2.51. The standard InChI is InChI=1S/C12H25N3O2/c1-8(2)7-10(12(17)15(5)6)14-11(16)9(3)13-4/h8-10,13H,7H2,1-6H3,(H,14,16). The van der Waals surface area contributed by atoms with E-state index < -0.39 is 6.04 Å². The highest BCUT2D eigenvalue weighted by atomic mass is 16.2. The molecule has 0 fully saturated rings. The molecule has 0 aliphatic carbocycles. The van der Waals surface area contributed by atoms with E-state index in [9.17, 15) is 9.59 Å². The number of likely N-dealkylation sites (N-methyl/N-ethyl adjacent to an activating group) is 2. The molecule has 2 N–H and O–H groups in total. The van der Waals surface area contributed by atoms with E-state index in [1.54, 1.807) is 28.1 Å². The van der Waals surface area contributed by atoms with Gasteiger partial charge in [-0.25, -0.2) is 0 Å². The average Bonchev–Trinajstić information content (AvgIpc) is 2.24. The Hall–Kier alpha value is -1.10. The van der Waals surface area contributed by atoms with Crippen LogP contribution >= 0.6 is 0 Å². The van der Waals surface area contributed by atoms with Crippen LogP contribution in [0.5, 0.6) is 0 Å². The van der Waals surface area contributed by atoms with E-state index in [0.717, 1.165) is 0 Å². The summed E-state index contributed by atoms with van der Waals surface area (Å²) in [5.74, 6) is 0.151. The van der Waals surface area contributed by atoms with Gasteiger partial charge < -0.3 is 15.5 Å². The molecular weight excluding hydrogens is 218 g/mol. The highest BCUT2D eigenvalue weighted by molar-refractivity contribution is 5.89. The highest BCUT2D eigenvalue weighted by Crippen LogP contribution is 2.07. The van der Waals surface area contributed by atoms with Crippen LogP contribution in [-0.2, 0) is 9.59 Å². The van der Waals surface area contributed by atoms with Gasteiger partial charge in [-0.1, -0.05) is 13.8 Å². The molecule has 0 bridgehead atoms. The van der Waals surface area contributed by atoms with Gasteiger partial charge in [-0.05, 0) is 26.3 Å². The summed E-state index contributed by atoms with van der Waals surface area (Å²) in [6, 6.07) is -0.729. The fraction of sp³-hybridized carbons (Fsp3) is 0.833. The molecule has 0 heterocycles. The molecule has 2 amide bonds. The number of rotatable bonds is 6. The Bertz CT molecular complexity index is 264. The molecule has 0 rings (SSSR count). The fourth-order valence-corrected chi connectivity index (χ4v) is 1.43. The van der Waals surface area contributed by atoms with E-state index in [1.807, 2.05) is 13.8 Å². The Kier molecular flexibility index (Phi) is 6.80. The molecule has 5 heteroatoms. The van der Waals surface area contributed by atoms with Crippen molar-refractivity contribution in [3.05, 3.63) is 0 Å². The van der Waals surface area contributed by atoms with Crippen molar-refractivity contribution in [2.45, 2.75) is 39.3 Å². The van der Waals surface area contributed by atoms with Gasteiger partial charge in [0.05, 0.1) is 6.04 Å². The molecule has 17 heavy (non-hydrogen) atoms. The molecular formula is C12H25N3O2. The zero-order valence-corrected chi connectivity index (χ0v) is 11.7. The lowest BCUT2D eigenvalue weighted by atomic mass is 10.0. The second-order valence-electron chi connectivity index (χ2n) is 4.93. The zero-order valence-electron chi connectivity index (χ0n) is 11.7. The third-order valence-corrected chi connectivity index (χ3v) is 2.59. The first kappa shape index (κ1) is 15.9. The molecule has 0 radical (unpaired) electrons. The van der Waals surface area contributed by atoms with Crippen LogP contribution in [0.2, 0.25) is 0 Å². The van der Waals surface area contributed by atoms with E-state index in [1.165, 1.54) is 4.90 Å². The third-order valence-electron chi connectivity index (χ3n) is 2.59. The maximum atomic E-state index is 11.9. The van der Waals surface area contributed by atoms with Crippen LogP contribution in [0.3, 0.4) is 0 Å². The molecule has 2 atom stereocenters. The van der Waals surface area contributed by atoms with Gasteiger partial charge in [0.25, 0.3) is 0 Å². The predicted molar refractivity (Wildman–Crippen MR) is 68.6 cm³/mol. The predicted octanol–water partition coefficient (Wildman–Crippen LogP) is 0.213. The largest absolute Gasteiger partial charge is 0.347 e. The molecule has 5 nitrogen and oxygen atoms in total. The van der Waals surface area contributed by atoms with Gasteiger partial charge in [0.1, 0.15) is 6.04 Å². The van der Waals surface area contributed by atoms with Crippen LogP contribution in [0.4, 0.5) is 0 Å². The first-order chi connectivity index (χ1) is 7.79. The number of carbonyl (C=O) groups excluding carboxylic acids is 2. The van der Waals surface area contributed by atoms with E-state index >= 15 is 0 Å². The first-order valence-corrected chi connectivity index (χ1v) is 5.98. The molecule has 100 valence electrons. The Morgan fingerprint density at radius 2 is 1.71 bits per heavy atom. The monoisotopic (exact) mass is 243 g/mol. The lowest BCUT2D eigenvalue weighted by molar-refractivity contribution is -0.135. The third kappa shape index (κ3) is 5.68. The summed E-state index contributed by atoms with van der Waals surface area (Å²) in [7, 11) is 5.11. The van der Waals surface area contributed by atoms with Crippen molar-refractivity contribution >= 4 is 11.8 Å². The summed E-state index contributed by atoms with van der Waals surface area (Å²) in [5.41, 5.74) is 0. The van der Waals surface area contributed by atoms with Gasteiger partial charge in [-0.15, -0.1) is 0 Å². The Labute approximate surface area is 104 Å². The first-order valence-electron chi connectivity index (χ1n) is 5.98. The van der Waals surface area contributed by atoms with Crippen molar-refractivity contribution in [2.24, 2.45) is 5.92 Å². The average molecular weight is 243 g/mol. The summed E-state index contributed by atoms with van der Waals surface area (Å²) < 4.78 is 0. The molecule has 0 aromatic rings. The normalized spacial score (nSPS) is 14.3. The minimum Gasteiger partial charge on any atom is -0.347 e.